The van der Waals surface area contributed by atoms with Crippen LogP contribution in [0.3, 0.4) is 0 Å². The number of benzene rings is 2. The van der Waals surface area contributed by atoms with Crippen molar-refractivity contribution >= 4 is 33.9 Å². The Balaban J connectivity index is 0.00000259. The van der Waals surface area contributed by atoms with E-state index >= 15 is 0 Å². The van der Waals surface area contributed by atoms with Gasteiger partial charge < -0.3 is 14.2 Å². The fourth-order valence-corrected chi connectivity index (χ4v) is 6.02. The molecule has 7 nitrogen and oxygen atoms in total. The molecular weight excluding hydrogens is 464 g/mol. The van der Waals surface area contributed by atoms with Gasteiger partial charge in [0.25, 0.3) is 5.91 Å². The molecule has 0 saturated carbocycles. The number of nitrogens with zero attached hydrogens (tertiary/aromatic N) is 2. The summed E-state index contributed by atoms with van der Waals surface area (Å²) in [5, 5.41) is 0. The maximum absolute atomic E-state index is 13.2. The van der Waals surface area contributed by atoms with Crippen molar-refractivity contribution in [3.63, 3.8) is 0 Å². The Labute approximate surface area is 198 Å². The molecule has 3 aromatic rings. The molecule has 5 rings (SSSR count). The van der Waals surface area contributed by atoms with E-state index < -0.39 is 9.84 Å². The van der Waals surface area contributed by atoms with Crippen molar-refractivity contribution in [1.82, 2.24) is 9.80 Å². The van der Waals surface area contributed by atoms with Crippen LogP contribution in [0.5, 0.6) is 0 Å². The van der Waals surface area contributed by atoms with Crippen LogP contribution in [-0.2, 0) is 29.3 Å². The number of hydrogen-bond acceptors (Lipinski definition) is 6. The Morgan fingerprint density at radius 1 is 1.06 bits per heavy atom. The Bertz CT molecular complexity index is 1380. The number of carbonyl (C=O) groups excluding carboxylic acids is 2. The molecule has 2 aliphatic heterocycles. The third kappa shape index (κ3) is 3.88. The average Bonchev–Trinajstić information content (AvgIpc) is 3.17. The third-order valence-corrected chi connectivity index (χ3v) is 7.73. The molecule has 9 heteroatoms. The average molecular weight is 487 g/mol. The largest absolute Gasteiger partial charge is 0.463 e. The first-order valence-corrected chi connectivity index (χ1v) is 11.8. The molecule has 2 aromatic carbocycles. The van der Waals surface area contributed by atoms with E-state index in [-0.39, 0.29) is 50.6 Å². The molecule has 0 radical (unpaired) electrons. The number of furan rings is 1. The lowest BCUT2D eigenvalue weighted by Gasteiger charge is -2.26. The van der Waals surface area contributed by atoms with Crippen molar-refractivity contribution < 1.29 is 22.4 Å². The number of carbonyl (C=O) groups is 2. The van der Waals surface area contributed by atoms with Crippen LogP contribution in [0.4, 0.5) is 0 Å². The lowest BCUT2D eigenvalue weighted by Crippen LogP contribution is -2.35. The highest BCUT2D eigenvalue weighted by Gasteiger charge is 2.35. The molecule has 1 amide bonds. The summed E-state index contributed by atoms with van der Waals surface area (Å²) in [6.07, 6.45) is 0.674. The van der Waals surface area contributed by atoms with Gasteiger partial charge in [-0.1, -0.05) is 12.1 Å². The summed E-state index contributed by atoms with van der Waals surface area (Å²) in [6, 6.07) is 12.5. The molecule has 33 heavy (non-hydrogen) atoms. The summed E-state index contributed by atoms with van der Waals surface area (Å²) in [4.78, 5) is 29.6. The van der Waals surface area contributed by atoms with Crippen LogP contribution >= 0.6 is 12.4 Å². The van der Waals surface area contributed by atoms with E-state index in [0.717, 1.165) is 17.1 Å². The van der Waals surface area contributed by atoms with Gasteiger partial charge in [-0.05, 0) is 62.5 Å². The fraction of sp³-hybridized carbons (Fsp3) is 0.250. The molecule has 0 spiro atoms. The summed E-state index contributed by atoms with van der Waals surface area (Å²) in [5.74, 6) is 0.976. The van der Waals surface area contributed by atoms with Crippen molar-refractivity contribution in [2.45, 2.75) is 29.3 Å². The van der Waals surface area contributed by atoms with Crippen LogP contribution in [-0.4, -0.2) is 50.5 Å². The Kier molecular flexibility index (Phi) is 5.94. The van der Waals surface area contributed by atoms with Gasteiger partial charge in [-0.3, -0.25) is 9.59 Å². The van der Waals surface area contributed by atoms with Gasteiger partial charge in [-0.2, -0.15) is 0 Å². The van der Waals surface area contributed by atoms with Crippen LogP contribution in [0, 0.1) is 0 Å². The molecule has 3 heterocycles. The summed E-state index contributed by atoms with van der Waals surface area (Å²) in [5.41, 5.74) is 1.60. The van der Waals surface area contributed by atoms with Gasteiger partial charge in [0.1, 0.15) is 11.5 Å². The van der Waals surface area contributed by atoms with Gasteiger partial charge in [0, 0.05) is 23.2 Å². The first-order valence-electron chi connectivity index (χ1n) is 10.3. The van der Waals surface area contributed by atoms with Crippen molar-refractivity contribution in [3.8, 4) is 0 Å². The lowest BCUT2D eigenvalue weighted by atomic mass is 10.0. The normalized spacial score (nSPS) is 16.0. The van der Waals surface area contributed by atoms with Gasteiger partial charge in [-0.25, -0.2) is 8.42 Å². The van der Waals surface area contributed by atoms with Crippen LogP contribution in [0.2, 0.25) is 0 Å². The van der Waals surface area contributed by atoms with Gasteiger partial charge in [-0.15, -0.1) is 12.4 Å². The molecule has 0 bridgehead atoms. The Hall–Kier alpha value is -2.94. The number of rotatable bonds is 3. The number of sulfone groups is 1. The minimum absolute atomic E-state index is 0. The van der Waals surface area contributed by atoms with E-state index in [2.05, 4.69) is 0 Å². The molecule has 0 unspecified atom stereocenters. The molecule has 172 valence electrons. The molecule has 0 saturated heterocycles. The SMILES string of the molecule is CN(C)Cc1cc2c(o1)CN(C(=O)c1ccc3c(c1)S(=O)(=O)c1ccccc1C3=O)CC2.Cl. The minimum atomic E-state index is -3.89. The molecule has 0 atom stereocenters. The predicted molar refractivity (Wildman–Crippen MR) is 124 cm³/mol. The second-order valence-corrected chi connectivity index (χ2v) is 10.3. The predicted octanol–water partition coefficient (Wildman–Crippen LogP) is 3.34. The second-order valence-electron chi connectivity index (χ2n) is 8.42. The smallest absolute Gasteiger partial charge is 0.254 e. The first kappa shape index (κ1) is 23.2. The van der Waals surface area contributed by atoms with E-state index in [4.69, 9.17) is 4.42 Å². The summed E-state index contributed by atoms with van der Waals surface area (Å²) >= 11 is 0. The van der Waals surface area contributed by atoms with E-state index in [9.17, 15) is 18.0 Å². The topological polar surface area (TPSA) is 87.9 Å². The van der Waals surface area contributed by atoms with E-state index in [0.29, 0.717) is 26.1 Å². The van der Waals surface area contributed by atoms with Crippen LogP contribution in [0.25, 0.3) is 0 Å². The summed E-state index contributed by atoms with van der Waals surface area (Å²) < 4.78 is 32.2. The highest BCUT2D eigenvalue weighted by atomic mass is 35.5. The van der Waals surface area contributed by atoms with E-state index in [1.165, 1.54) is 30.3 Å². The zero-order valence-corrected chi connectivity index (χ0v) is 19.8. The number of hydrogen-bond donors (Lipinski definition) is 0. The Morgan fingerprint density at radius 2 is 1.79 bits per heavy atom. The third-order valence-electron chi connectivity index (χ3n) is 5.88. The van der Waals surface area contributed by atoms with Gasteiger partial charge in [0.05, 0.1) is 22.9 Å². The number of halogens is 1. The molecule has 0 fully saturated rings. The van der Waals surface area contributed by atoms with E-state index in [1.807, 2.05) is 25.1 Å². The maximum atomic E-state index is 13.2. The Morgan fingerprint density at radius 3 is 2.55 bits per heavy atom. The zero-order valence-electron chi connectivity index (χ0n) is 18.2. The highest BCUT2D eigenvalue weighted by Crippen LogP contribution is 2.35. The van der Waals surface area contributed by atoms with Crippen LogP contribution in [0.1, 0.15) is 43.4 Å². The van der Waals surface area contributed by atoms with Crippen LogP contribution < -0.4 is 0 Å². The number of fused-ring (bicyclic) bond motifs is 3. The molecular formula is C24H23ClN2O5S. The van der Waals surface area contributed by atoms with Crippen molar-refractivity contribution in [1.29, 1.82) is 0 Å². The van der Waals surface area contributed by atoms with Gasteiger partial charge in [0.2, 0.25) is 9.84 Å². The quantitative estimate of drug-likeness (QED) is 0.441. The monoisotopic (exact) mass is 486 g/mol. The van der Waals surface area contributed by atoms with E-state index in [1.54, 1.807) is 17.0 Å². The van der Waals surface area contributed by atoms with Gasteiger partial charge in [0.15, 0.2) is 5.78 Å². The lowest BCUT2D eigenvalue weighted by molar-refractivity contribution is 0.0718. The molecule has 2 aliphatic rings. The maximum Gasteiger partial charge on any atom is 0.254 e. The first-order chi connectivity index (χ1) is 15.3. The van der Waals surface area contributed by atoms with Gasteiger partial charge >= 0.3 is 0 Å². The molecule has 0 aliphatic carbocycles. The highest BCUT2D eigenvalue weighted by molar-refractivity contribution is 7.91. The molecule has 0 N–H and O–H groups in total. The summed E-state index contributed by atoms with van der Waals surface area (Å²) in [7, 11) is 0.0332. The fourth-order valence-electron chi connectivity index (χ4n) is 4.34. The second kappa shape index (κ2) is 8.44. The number of ketones is 1. The van der Waals surface area contributed by atoms with Crippen molar-refractivity contribution in [2.24, 2.45) is 0 Å². The van der Waals surface area contributed by atoms with Crippen molar-refractivity contribution in [2.75, 3.05) is 20.6 Å². The summed E-state index contributed by atoms with van der Waals surface area (Å²) in [6.45, 7) is 1.52. The van der Waals surface area contributed by atoms with Crippen LogP contribution in [0.15, 0.2) is 62.7 Å². The standard InChI is InChI=1S/C24H22N2O5S.ClH/c1-25(2)13-17-11-15-9-10-26(14-20(15)31-17)24(28)16-7-8-19-22(12-16)32(29,30)21-6-4-3-5-18(21)23(19)27;/h3-8,11-12H,9-10,13-14H2,1-2H3;1H. The molecule has 1 aromatic heterocycles. The zero-order chi connectivity index (χ0) is 22.6. The number of amides is 1. The minimum Gasteiger partial charge on any atom is -0.463 e. The van der Waals surface area contributed by atoms with Crippen molar-refractivity contribution in [3.05, 3.63) is 82.3 Å².